The minimum atomic E-state index is -1.22. The number of nitrogens with zero attached hydrogens (tertiary/aromatic N) is 1. The van der Waals surface area contributed by atoms with Crippen LogP contribution in [0.5, 0.6) is 5.75 Å². The highest BCUT2D eigenvalue weighted by Crippen LogP contribution is 2.28. The van der Waals surface area contributed by atoms with Gasteiger partial charge in [-0.1, -0.05) is 0 Å². The van der Waals surface area contributed by atoms with Crippen molar-refractivity contribution in [3.63, 3.8) is 0 Å². The molecular formula is C21H14N2O7. The van der Waals surface area contributed by atoms with E-state index in [1.54, 1.807) is 12.1 Å². The molecule has 0 saturated carbocycles. The van der Waals surface area contributed by atoms with Crippen molar-refractivity contribution in [2.24, 2.45) is 0 Å². The Morgan fingerprint density at radius 2 is 1.70 bits per heavy atom. The fourth-order valence-electron chi connectivity index (χ4n) is 3.10. The number of aromatic hydroxyl groups is 1. The van der Waals surface area contributed by atoms with E-state index < -0.39 is 23.7 Å². The molecule has 2 heterocycles. The van der Waals surface area contributed by atoms with Gasteiger partial charge < -0.3 is 19.9 Å². The van der Waals surface area contributed by atoms with Gasteiger partial charge in [0.15, 0.2) is 0 Å². The van der Waals surface area contributed by atoms with E-state index in [4.69, 9.17) is 9.52 Å². The van der Waals surface area contributed by atoms with E-state index in [2.05, 4.69) is 5.32 Å². The van der Waals surface area contributed by atoms with Crippen molar-refractivity contribution in [1.29, 1.82) is 0 Å². The Labute approximate surface area is 169 Å². The predicted octanol–water partition coefficient (Wildman–Crippen LogP) is 2.73. The van der Waals surface area contributed by atoms with Gasteiger partial charge in [-0.2, -0.15) is 0 Å². The summed E-state index contributed by atoms with van der Waals surface area (Å²) in [5, 5.41) is 21.3. The van der Waals surface area contributed by atoms with E-state index in [0.29, 0.717) is 5.76 Å². The van der Waals surface area contributed by atoms with Crippen molar-refractivity contribution in [1.82, 2.24) is 4.90 Å². The quantitative estimate of drug-likeness (QED) is 0.438. The minimum Gasteiger partial charge on any atom is -0.506 e. The highest BCUT2D eigenvalue weighted by molar-refractivity contribution is 6.22. The van der Waals surface area contributed by atoms with Crippen LogP contribution in [-0.4, -0.2) is 38.8 Å². The number of aromatic carboxylic acids is 1. The number of hydrogen-bond donors (Lipinski definition) is 3. The van der Waals surface area contributed by atoms with Crippen LogP contribution < -0.4 is 5.32 Å². The fourth-order valence-corrected chi connectivity index (χ4v) is 3.10. The lowest BCUT2D eigenvalue weighted by molar-refractivity contribution is 0.0629. The number of carbonyl (C=O) groups excluding carboxylic acids is 3. The molecule has 0 aliphatic carbocycles. The number of imide groups is 1. The van der Waals surface area contributed by atoms with Gasteiger partial charge in [-0.05, 0) is 48.5 Å². The maximum atomic E-state index is 12.7. The van der Waals surface area contributed by atoms with Gasteiger partial charge in [0, 0.05) is 5.56 Å². The number of nitrogens with one attached hydrogen (secondary N) is 1. The number of phenols is 1. The SMILES string of the molecule is O=C(O)c1ccc(O)c(NC(=O)c2ccc3c(c2)C(=O)N(Cc2ccco2)C3=O)c1. The molecule has 0 fully saturated rings. The Bertz CT molecular complexity index is 1200. The van der Waals surface area contributed by atoms with Gasteiger partial charge in [-0.3, -0.25) is 19.3 Å². The summed E-state index contributed by atoms with van der Waals surface area (Å²) < 4.78 is 5.18. The summed E-state index contributed by atoms with van der Waals surface area (Å²) in [4.78, 5) is 49.9. The summed E-state index contributed by atoms with van der Waals surface area (Å²) >= 11 is 0. The van der Waals surface area contributed by atoms with Crippen LogP contribution in [0, 0.1) is 0 Å². The number of carbonyl (C=O) groups is 4. The van der Waals surface area contributed by atoms with Crippen LogP contribution >= 0.6 is 0 Å². The highest BCUT2D eigenvalue weighted by Gasteiger charge is 2.36. The monoisotopic (exact) mass is 406 g/mol. The van der Waals surface area contributed by atoms with Crippen molar-refractivity contribution in [3.8, 4) is 5.75 Å². The standard InChI is InChI=1S/C21H14N2O7/c24-17-6-4-12(21(28)29)9-16(17)22-18(25)11-3-5-14-15(8-11)20(27)23(19(14)26)10-13-2-1-7-30-13/h1-9,24H,10H2,(H,22,25)(H,28,29). The number of benzene rings is 2. The topological polar surface area (TPSA) is 137 Å². The zero-order valence-corrected chi connectivity index (χ0v) is 15.3. The molecule has 9 heteroatoms. The van der Waals surface area contributed by atoms with Gasteiger partial charge in [0.25, 0.3) is 17.7 Å². The summed E-state index contributed by atoms with van der Waals surface area (Å²) in [6.45, 7) is -0.0310. The summed E-state index contributed by atoms with van der Waals surface area (Å²) in [7, 11) is 0. The molecule has 0 spiro atoms. The first-order valence-corrected chi connectivity index (χ1v) is 8.75. The molecule has 3 N–H and O–H groups in total. The second kappa shape index (κ2) is 7.21. The van der Waals surface area contributed by atoms with Gasteiger partial charge in [-0.25, -0.2) is 4.79 Å². The Kier molecular flexibility index (Phi) is 4.55. The Morgan fingerprint density at radius 3 is 2.40 bits per heavy atom. The molecule has 0 radical (unpaired) electrons. The van der Waals surface area contributed by atoms with Crippen molar-refractivity contribution in [3.05, 3.63) is 82.8 Å². The zero-order valence-electron chi connectivity index (χ0n) is 15.3. The Balaban J connectivity index is 1.58. The van der Waals surface area contributed by atoms with E-state index in [-0.39, 0.29) is 40.2 Å². The Morgan fingerprint density at radius 1 is 0.967 bits per heavy atom. The van der Waals surface area contributed by atoms with Gasteiger partial charge in [0.1, 0.15) is 11.5 Å². The lowest BCUT2D eigenvalue weighted by Gasteiger charge is -2.11. The lowest BCUT2D eigenvalue weighted by Crippen LogP contribution is -2.28. The van der Waals surface area contributed by atoms with Crippen LogP contribution in [0.4, 0.5) is 5.69 Å². The number of phenolic OH excluding ortho intramolecular Hbond substituents is 1. The smallest absolute Gasteiger partial charge is 0.335 e. The summed E-state index contributed by atoms with van der Waals surface area (Å²) in [6, 6.07) is 10.8. The number of carboxylic acids is 1. The molecular weight excluding hydrogens is 392 g/mol. The molecule has 0 unspecified atom stereocenters. The van der Waals surface area contributed by atoms with Crippen LogP contribution in [0.3, 0.4) is 0 Å². The van der Waals surface area contributed by atoms with E-state index in [9.17, 15) is 24.3 Å². The van der Waals surface area contributed by atoms with Crippen LogP contribution in [0.2, 0.25) is 0 Å². The molecule has 0 atom stereocenters. The third-order valence-electron chi connectivity index (χ3n) is 4.62. The van der Waals surface area contributed by atoms with Crippen LogP contribution in [0.15, 0.2) is 59.2 Å². The number of hydrogen-bond acceptors (Lipinski definition) is 6. The molecule has 1 aliphatic rings. The molecule has 30 heavy (non-hydrogen) atoms. The normalized spacial score (nSPS) is 12.7. The second-order valence-electron chi connectivity index (χ2n) is 6.53. The lowest BCUT2D eigenvalue weighted by atomic mass is 10.1. The van der Waals surface area contributed by atoms with Crippen molar-refractivity contribution in [2.75, 3.05) is 5.32 Å². The Hall–Kier alpha value is -4.40. The molecule has 0 saturated heterocycles. The minimum absolute atomic E-state index is 0.0310. The number of amides is 3. The maximum Gasteiger partial charge on any atom is 0.335 e. The van der Waals surface area contributed by atoms with E-state index in [1.165, 1.54) is 30.5 Å². The third-order valence-corrected chi connectivity index (χ3v) is 4.62. The van der Waals surface area contributed by atoms with Crippen LogP contribution in [0.1, 0.15) is 47.2 Å². The van der Waals surface area contributed by atoms with E-state index in [1.807, 2.05) is 0 Å². The summed E-state index contributed by atoms with van der Waals surface area (Å²) in [6.07, 6.45) is 1.44. The number of anilines is 1. The number of rotatable bonds is 5. The second-order valence-corrected chi connectivity index (χ2v) is 6.53. The summed E-state index contributed by atoms with van der Waals surface area (Å²) in [5.41, 5.74) is 0.0880. The number of carboxylic acid groups (broad SMARTS) is 1. The van der Waals surface area contributed by atoms with Crippen LogP contribution in [0.25, 0.3) is 0 Å². The third kappa shape index (κ3) is 3.28. The number of fused-ring (bicyclic) bond motifs is 1. The molecule has 1 aromatic heterocycles. The molecule has 2 aromatic carbocycles. The molecule has 3 amide bonds. The first-order chi connectivity index (χ1) is 14.3. The predicted molar refractivity (Wildman–Crippen MR) is 102 cm³/mol. The van der Waals surface area contributed by atoms with Gasteiger partial charge in [0.2, 0.25) is 0 Å². The molecule has 150 valence electrons. The molecule has 3 aromatic rings. The van der Waals surface area contributed by atoms with Gasteiger partial charge in [0.05, 0.1) is 35.2 Å². The molecule has 4 rings (SSSR count). The fraction of sp³-hybridized carbons (Fsp3) is 0.0476. The first kappa shape index (κ1) is 18.9. The molecule has 9 nitrogen and oxygen atoms in total. The maximum absolute atomic E-state index is 12.7. The average Bonchev–Trinajstić information content (AvgIpc) is 3.32. The van der Waals surface area contributed by atoms with Crippen LogP contribution in [-0.2, 0) is 6.54 Å². The van der Waals surface area contributed by atoms with Crippen molar-refractivity contribution >= 4 is 29.4 Å². The van der Waals surface area contributed by atoms with Crippen molar-refractivity contribution < 1.29 is 33.8 Å². The molecule has 0 bridgehead atoms. The van der Waals surface area contributed by atoms with E-state index in [0.717, 1.165) is 17.0 Å². The largest absolute Gasteiger partial charge is 0.506 e. The van der Waals surface area contributed by atoms with Gasteiger partial charge in [-0.15, -0.1) is 0 Å². The zero-order chi connectivity index (χ0) is 21.4. The highest BCUT2D eigenvalue weighted by atomic mass is 16.4. The van der Waals surface area contributed by atoms with Gasteiger partial charge >= 0.3 is 5.97 Å². The average molecular weight is 406 g/mol. The summed E-state index contributed by atoms with van der Waals surface area (Å²) in [5.74, 6) is -2.83. The first-order valence-electron chi connectivity index (χ1n) is 8.75. The molecule has 1 aliphatic heterocycles. The van der Waals surface area contributed by atoms with Crippen molar-refractivity contribution in [2.45, 2.75) is 6.54 Å². The van der Waals surface area contributed by atoms with E-state index >= 15 is 0 Å². The number of furan rings is 1.